The van der Waals surface area contributed by atoms with Crippen molar-refractivity contribution in [2.24, 2.45) is 0 Å². The van der Waals surface area contributed by atoms with Gasteiger partial charge >= 0.3 is 5.97 Å². The second-order valence-corrected chi connectivity index (χ2v) is 4.97. The molecule has 0 N–H and O–H groups in total. The molecule has 0 bridgehead atoms. The molecule has 0 aromatic heterocycles. The quantitative estimate of drug-likeness (QED) is 0.591. The van der Waals surface area contributed by atoms with Gasteiger partial charge in [-0.05, 0) is 42.0 Å². The molecule has 0 aliphatic rings. The summed E-state index contributed by atoms with van der Waals surface area (Å²) in [5.74, 6) is -1.52. The number of benzene rings is 1. The third-order valence-electron chi connectivity index (χ3n) is 2.57. The summed E-state index contributed by atoms with van der Waals surface area (Å²) >= 11 is 3.02. The van der Waals surface area contributed by atoms with Crippen LogP contribution < -0.4 is 0 Å². The predicted octanol–water partition coefficient (Wildman–Crippen LogP) is 3.11. The molecule has 106 valence electrons. The van der Waals surface area contributed by atoms with E-state index in [1.54, 1.807) is 18.9 Å². The van der Waals surface area contributed by atoms with E-state index >= 15 is 0 Å². The highest BCUT2D eigenvalue weighted by atomic mass is 79.9. The number of carbonyl (C=O) groups excluding carboxylic acids is 1. The molecule has 0 radical (unpaired) electrons. The summed E-state index contributed by atoms with van der Waals surface area (Å²) in [6.07, 6.45) is 0.196. The van der Waals surface area contributed by atoms with Crippen LogP contribution in [-0.4, -0.2) is 31.1 Å². The molecule has 6 heteroatoms. The monoisotopic (exact) mass is 335 g/mol. The van der Waals surface area contributed by atoms with E-state index in [0.717, 1.165) is 0 Å². The lowest BCUT2D eigenvalue weighted by Gasteiger charge is -2.17. The van der Waals surface area contributed by atoms with Crippen molar-refractivity contribution in [3.05, 3.63) is 33.8 Å². The SMILES string of the molecule is CCOC(=O)CCN(C)Cc1c(F)ccc(Br)c1F. The Balaban J connectivity index is 2.60. The van der Waals surface area contributed by atoms with Gasteiger partial charge in [-0.1, -0.05) is 0 Å². The zero-order valence-electron chi connectivity index (χ0n) is 10.9. The van der Waals surface area contributed by atoms with Crippen LogP contribution in [0.3, 0.4) is 0 Å². The maximum absolute atomic E-state index is 13.7. The predicted molar refractivity (Wildman–Crippen MR) is 71.6 cm³/mol. The van der Waals surface area contributed by atoms with Crippen LogP contribution in [0.15, 0.2) is 16.6 Å². The normalized spacial score (nSPS) is 10.8. The highest BCUT2D eigenvalue weighted by molar-refractivity contribution is 9.10. The fraction of sp³-hybridized carbons (Fsp3) is 0.462. The standard InChI is InChI=1S/C13H16BrF2NO2/c1-3-19-12(18)6-7-17(2)8-9-11(15)5-4-10(14)13(9)16/h4-5H,3,6-8H2,1-2H3. The first-order chi connectivity index (χ1) is 8.95. The second-order valence-electron chi connectivity index (χ2n) is 4.11. The van der Waals surface area contributed by atoms with E-state index in [1.165, 1.54) is 12.1 Å². The number of esters is 1. The highest BCUT2D eigenvalue weighted by Gasteiger charge is 2.14. The Hall–Kier alpha value is -1.01. The molecular formula is C13H16BrF2NO2. The van der Waals surface area contributed by atoms with Crippen molar-refractivity contribution < 1.29 is 18.3 Å². The molecule has 1 aromatic rings. The van der Waals surface area contributed by atoms with Gasteiger partial charge in [0, 0.05) is 18.7 Å². The smallest absolute Gasteiger partial charge is 0.307 e. The zero-order valence-corrected chi connectivity index (χ0v) is 12.5. The van der Waals surface area contributed by atoms with Crippen molar-refractivity contribution in [1.29, 1.82) is 0 Å². The first kappa shape index (κ1) is 16.0. The summed E-state index contributed by atoms with van der Waals surface area (Å²) in [6, 6.07) is 2.54. The minimum Gasteiger partial charge on any atom is -0.466 e. The Kier molecular flexibility index (Phi) is 6.37. The van der Waals surface area contributed by atoms with Crippen LogP contribution in [0, 0.1) is 11.6 Å². The van der Waals surface area contributed by atoms with Gasteiger partial charge in [-0.25, -0.2) is 8.78 Å². The topological polar surface area (TPSA) is 29.5 Å². The van der Waals surface area contributed by atoms with Gasteiger partial charge in [-0.2, -0.15) is 0 Å². The average Bonchev–Trinajstić information content (AvgIpc) is 2.37. The van der Waals surface area contributed by atoms with E-state index in [0.29, 0.717) is 13.2 Å². The van der Waals surface area contributed by atoms with Gasteiger partial charge in [0.2, 0.25) is 0 Å². The summed E-state index contributed by atoms with van der Waals surface area (Å²) in [4.78, 5) is 12.9. The van der Waals surface area contributed by atoms with E-state index in [-0.39, 0.29) is 29.0 Å². The number of hydrogen-bond acceptors (Lipinski definition) is 3. The minimum absolute atomic E-state index is 0.0132. The number of hydrogen-bond donors (Lipinski definition) is 0. The summed E-state index contributed by atoms with van der Waals surface area (Å²) in [5.41, 5.74) is -0.0132. The molecule has 0 fully saturated rings. The van der Waals surface area contributed by atoms with Crippen LogP contribution in [0.4, 0.5) is 8.78 Å². The van der Waals surface area contributed by atoms with Crippen molar-refractivity contribution in [3.8, 4) is 0 Å². The van der Waals surface area contributed by atoms with Gasteiger partial charge in [0.05, 0.1) is 17.5 Å². The van der Waals surface area contributed by atoms with Crippen LogP contribution in [0.1, 0.15) is 18.9 Å². The Labute approximate surface area is 119 Å². The molecule has 1 rings (SSSR count). The second kappa shape index (κ2) is 7.55. The number of carbonyl (C=O) groups is 1. The molecule has 0 amide bonds. The lowest BCUT2D eigenvalue weighted by molar-refractivity contribution is -0.143. The molecule has 0 aliphatic heterocycles. The van der Waals surface area contributed by atoms with Gasteiger partial charge in [-0.15, -0.1) is 0 Å². The summed E-state index contributed by atoms with van der Waals surface area (Å²) < 4.78 is 32.3. The van der Waals surface area contributed by atoms with Gasteiger partial charge in [0.15, 0.2) is 0 Å². The molecule has 3 nitrogen and oxygen atoms in total. The largest absolute Gasteiger partial charge is 0.466 e. The van der Waals surface area contributed by atoms with Crippen molar-refractivity contribution >= 4 is 21.9 Å². The Morgan fingerprint density at radius 3 is 2.74 bits per heavy atom. The maximum Gasteiger partial charge on any atom is 0.307 e. The summed E-state index contributed by atoms with van der Waals surface area (Å²) in [7, 11) is 1.69. The fourth-order valence-electron chi connectivity index (χ4n) is 1.58. The van der Waals surface area contributed by atoms with Crippen LogP contribution in [0.2, 0.25) is 0 Å². The van der Waals surface area contributed by atoms with Crippen LogP contribution in [-0.2, 0) is 16.1 Å². The molecule has 0 unspecified atom stereocenters. The van der Waals surface area contributed by atoms with Crippen molar-refractivity contribution in [2.75, 3.05) is 20.2 Å². The fourth-order valence-corrected chi connectivity index (χ4v) is 1.95. The van der Waals surface area contributed by atoms with Gasteiger partial charge in [0.25, 0.3) is 0 Å². The van der Waals surface area contributed by atoms with E-state index in [2.05, 4.69) is 15.9 Å². The van der Waals surface area contributed by atoms with Gasteiger partial charge < -0.3 is 9.64 Å². The third-order valence-corrected chi connectivity index (χ3v) is 3.18. The molecule has 0 saturated carbocycles. The Morgan fingerprint density at radius 2 is 2.11 bits per heavy atom. The van der Waals surface area contributed by atoms with Crippen LogP contribution in [0.25, 0.3) is 0 Å². The minimum atomic E-state index is -0.608. The van der Waals surface area contributed by atoms with Crippen LogP contribution >= 0.6 is 15.9 Å². The zero-order chi connectivity index (χ0) is 14.4. The molecule has 1 aromatic carbocycles. The molecular weight excluding hydrogens is 320 g/mol. The maximum atomic E-state index is 13.7. The summed E-state index contributed by atoms with van der Waals surface area (Å²) in [6.45, 7) is 2.53. The average molecular weight is 336 g/mol. The Morgan fingerprint density at radius 1 is 1.42 bits per heavy atom. The highest BCUT2D eigenvalue weighted by Crippen LogP contribution is 2.22. The third kappa shape index (κ3) is 4.87. The lowest BCUT2D eigenvalue weighted by atomic mass is 10.2. The van der Waals surface area contributed by atoms with E-state index < -0.39 is 11.6 Å². The number of rotatable bonds is 6. The van der Waals surface area contributed by atoms with E-state index in [1.807, 2.05) is 0 Å². The van der Waals surface area contributed by atoms with Crippen molar-refractivity contribution in [3.63, 3.8) is 0 Å². The van der Waals surface area contributed by atoms with Crippen molar-refractivity contribution in [1.82, 2.24) is 4.90 Å². The lowest BCUT2D eigenvalue weighted by Crippen LogP contribution is -2.23. The number of ether oxygens (including phenoxy) is 1. The number of halogens is 3. The Bertz CT molecular complexity index is 455. The molecule has 0 saturated heterocycles. The molecule has 0 spiro atoms. The van der Waals surface area contributed by atoms with E-state index in [4.69, 9.17) is 4.74 Å². The molecule has 0 aliphatic carbocycles. The molecule has 0 atom stereocenters. The summed E-state index contributed by atoms with van der Waals surface area (Å²) in [5, 5.41) is 0. The first-order valence-corrected chi connectivity index (χ1v) is 6.71. The van der Waals surface area contributed by atoms with Gasteiger partial charge in [-0.3, -0.25) is 4.79 Å². The molecule has 0 heterocycles. The van der Waals surface area contributed by atoms with Gasteiger partial charge in [0.1, 0.15) is 11.6 Å². The van der Waals surface area contributed by atoms with E-state index in [9.17, 15) is 13.6 Å². The molecule has 19 heavy (non-hydrogen) atoms. The van der Waals surface area contributed by atoms with Crippen LogP contribution in [0.5, 0.6) is 0 Å². The van der Waals surface area contributed by atoms with Crippen molar-refractivity contribution in [2.45, 2.75) is 19.9 Å². The number of nitrogens with zero attached hydrogens (tertiary/aromatic N) is 1. The first-order valence-electron chi connectivity index (χ1n) is 5.92.